The molecule has 1 rings (SSSR count). The summed E-state index contributed by atoms with van der Waals surface area (Å²) in [5, 5.41) is 9.37. The molecular weight excluding hydrogens is 216 g/mol. The third kappa shape index (κ3) is 4.76. The summed E-state index contributed by atoms with van der Waals surface area (Å²) in [6.07, 6.45) is 7.07. The molecule has 0 saturated heterocycles. The van der Waals surface area contributed by atoms with Gasteiger partial charge in [-0.2, -0.15) is 17.0 Å². The summed E-state index contributed by atoms with van der Waals surface area (Å²) in [4.78, 5) is 2.51. The van der Waals surface area contributed by atoms with Crippen molar-refractivity contribution in [1.29, 1.82) is 5.26 Å². The maximum atomic E-state index is 8.47. The molecule has 0 aromatic rings. The van der Waals surface area contributed by atoms with E-state index in [0.29, 0.717) is 6.42 Å². The van der Waals surface area contributed by atoms with Crippen molar-refractivity contribution in [3.05, 3.63) is 0 Å². The summed E-state index contributed by atoms with van der Waals surface area (Å²) in [5.74, 6) is 1.25. The van der Waals surface area contributed by atoms with Gasteiger partial charge in [0.15, 0.2) is 0 Å². The Hall–Kier alpha value is -0.200. The first-order chi connectivity index (χ1) is 7.77. The van der Waals surface area contributed by atoms with Crippen molar-refractivity contribution in [1.82, 2.24) is 4.90 Å². The van der Waals surface area contributed by atoms with Crippen LogP contribution in [0.3, 0.4) is 0 Å². The van der Waals surface area contributed by atoms with Crippen molar-refractivity contribution in [2.45, 2.75) is 56.7 Å². The predicted molar refractivity (Wildman–Crippen MR) is 71.7 cm³/mol. The zero-order chi connectivity index (χ0) is 11.8. The van der Waals surface area contributed by atoms with Gasteiger partial charge in [0, 0.05) is 17.7 Å². The van der Waals surface area contributed by atoms with Gasteiger partial charge in [-0.25, -0.2) is 0 Å². The van der Waals surface area contributed by atoms with E-state index in [-0.39, 0.29) is 0 Å². The first kappa shape index (κ1) is 13.9. The van der Waals surface area contributed by atoms with Crippen LogP contribution in [0.15, 0.2) is 0 Å². The van der Waals surface area contributed by atoms with Crippen molar-refractivity contribution in [2.75, 3.05) is 19.3 Å². The van der Waals surface area contributed by atoms with E-state index >= 15 is 0 Å². The largest absolute Gasteiger partial charge is 0.303 e. The first-order valence-electron chi connectivity index (χ1n) is 6.46. The van der Waals surface area contributed by atoms with Crippen molar-refractivity contribution in [3.63, 3.8) is 0 Å². The van der Waals surface area contributed by atoms with Crippen LogP contribution in [0.25, 0.3) is 0 Å². The molecule has 1 saturated carbocycles. The van der Waals surface area contributed by atoms with Gasteiger partial charge in [0.1, 0.15) is 0 Å². The van der Waals surface area contributed by atoms with Gasteiger partial charge in [-0.3, -0.25) is 0 Å². The van der Waals surface area contributed by atoms with E-state index < -0.39 is 0 Å². The molecule has 0 aliphatic heterocycles. The standard InChI is InChI=1S/C13H24N2S/c1-3-16-13-8-7-12(11-13)15(2)10-6-4-5-9-14/h12-13H,3-8,10-11H2,1-2H3/t12-,13+/m0/s1. The molecule has 2 nitrogen and oxygen atoms in total. The molecule has 1 aliphatic carbocycles. The molecule has 0 unspecified atom stereocenters. The maximum absolute atomic E-state index is 8.47. The zero-order valence-corrected chi connectivity index (χ0v) is 11.4. The Balaban J connectivity index is 2.13. The van der Waals surface area contributed by atoms with Crippen molar-refractivity contribution in [2.24, 2.45) is 0 Å². The number of hydrogen-bond donors (Lipinski definition) is 0. The maximum Gasteiger partial charge on any atom is 0.0621 e. The monoisotopic (exact) mass is 240 g/mol. The van der Waals surface area contributed by atoms with E-state index in [1.54, 1.807) is 0 Å². The second-order valence-electron chi connectivity index (χ2n) is 4.64. The molecule has 0 heterocycles. The lowest BCUT2D eigenvalue weighted by molar-refractivity contribution is 0.241. The van der Waals surface area contributed by atoms with Crippen LogP contribution in [0.1, 0.15) is 45.4 Å². The van der Waals surface area contributed by atoms with E-state index in [9.17, 15) is 0 Å². The molecule has 0 aromatic carbocycles. The van der Waals surface area contributed by atoms with Crippen LogP contribution in [0.5, 0.6) is 0 Å². The van der Waals surface area contributed by atoms with Crippen LogP contribution in [0, 0.1) is 11.3 Å². The molecule has 0 aromatic heterocycles. The molecule has 0 amide bonds. The zero-order valence-electron chi connectivity index (χ0n) is 10.6. The Morgan fingerprint density at radius 3 is 2.88 bits per heavy atom. The summed E-state index contributed by atoms with van der Waals surface area (Å²) in [6, 6.07) is 3.01. The fourth-order valence-electron chi connectivity index (χ4n) is 2.45. The van der Waals surface area contributed by atoms with Crippen LogP contribution in [-0.2, 0) is 0 Å². The minimum absolute atomic E-state index is 0.715. The molecule has 2 atom stereocenters. The highest BCUT2D eigenvalue weighted by atomic mass is 32.2. The van der Waals surface area contributed by atoms with Crippen LogP contribution in [-0.4, -0.2) is 35.5 Å². The number of nitrogens with zero attached hydrogens (tertiary/aromatic N) is 2. The number of unbranched alkanes of at least 4 members (excludes halogenated alkanes) is 2. The highest BCUT2D eigenvalue weighted by Crippen LogP contribution is 2.32. The first-order valence-corrected chi connectivity index (χ1v) is 7.51. The molecule has 0 bridgehead atoms. The molecule has 0 spiro atoms. The fourth-order valence-corrected chi connectivity index (χ4v) is 3.59. The third-order valence-corrected chi connectivity index (χ3v) is 4.66. The van der Waals surface area contributed by atoms with Crippen LogP contribution >= 0.6 is 11.8 Å². The Morgan fingerprint density at radius 1 is 1.38 bits per heavy atom. The van der Waals surface area contributed by atoms with Gasteiger partial charge in [-0.05, 0) is 51.4 Å². The molecule has 3 heteroatoms. The van der Waals surface area contributed by atoms with Crippen molar-refractivity contribution in [3.8, 4) is 6.07 Å². The van der Waals surface area contributed by atoms with Gasteiger partial charge in [0.05, 0.1) is 6.07 Å². The van der Waals surface area contributed by atoms with Gasteiger partial charge >= 0.3 is 0 Å². The Bertz CT molecular complexity index is 224. The number of thioether (sulfide) groups is 1. The second-order valence-corrected chi connectivity index (χ2v) is 6.22. The molecule has 0 N–H and O–H groups in total. The molecule has 16 heavy (non-hydrogen) atoms. The van der Waals surface area contributed by atoms with Gasteiger partial charge in [0.2, 0.25) is 0 Å². The Kier molecular flexibility index (Phi) is 6.91. The SMILES string of the molecule is CCS[C@@H]1CC[C@H](N(C)CCCCC#N)C1. The lowest BCUT2D eigenvalue weighted by Gasteiger charge is -2.24. The van der Waals surface area contributed by atoms with Crippen LogP contribution in [0.4, 0.5) is 0 Å². The quantitative estimate of drug-likeness (QED) is 0.639. The summed E-state index contributed by atoms with van der Waals surface area (Å²) in [7, 11) is 2.25. The van der Waals surface area contributed by atoms with Crippen LogP contribution in [0.2, 0.25) is 0 Å². The second kappa shape index (κ2) is 7.97. The van der Waals surface area contributed by atoms with Gasteiger partial charge in [-0.1, -0.05) is 6.92 Å². The van der Waals surface area contributed by atoms with Crippen LogP contribution < -0.4 is 0 Å². The van der Waals surface area contributed by atoms with E-state index in [0.717, 1.165) is 24.3 Å². The lowest BCUT2D eigenvalue weighted by Crippen LogP contribution is -2.30. The average molecular weight is 240 g/mol. The average Bonchev–Trinajstić information content (AvgIpc) is 2.73. The minimum Gasteiger partial charge on any atom is -0.303 e. The van der Waals surface area contributed by atoms with E-state index in [1.807, 2.05) is 0 Å². The molecule has 1 aliphatic rings. The summed E-state index contributed by atoms with van der Waals surface area (Å²) >= 11 is 2.12. The normalized spacial score (nSPS) is 24.9. The van der Waals surface area contributed by atoms with Gasteiger partial charge in [-0.15, -0.1) is 0 Å². The third-order valence-electron chi connectivity index (χ3n) is 3.43. The molecule has 1 fully saturated rings. The topological polar surface area (TPSA) is 27.0 Å². The Morgan fingerprint density at radius 2 is 2.19 bits per heavy atom. The molecule has 92 valence electrons. The number of nitriles is 1. The highest BCUT2D eigenvalue weighted by Gasteiger charge is 2.26. The van der Waals surface area contributed by atoms with Crippen molar-refractivity contribution < 1.29 is 0 Å². The minimum atomic E-state index is 0.715. The highest BCUT2D eigenvalue weighted by molar-refractivity contribution is 7.99. The summed E-state index contributed by atoms with van der Waals surface area (Å²) < 4.78 is 0. The van der Waals surface area contributed by atoms with Gasteiger partial charge < -0.3 is 4.90 Å². The van der Waals surface area contributed by atoms with E-state index in [2.05, 4.69) is 36.7 Å². The van der Waals surface area contributed by atoms with E-state index in [1.165, 1.54) is 31.4 Å². The Labute approximate surface area is 104 Å². The molecule has 0 radical (unpaired) electrons. The predicted octanol–water partition coefficient (Wildman–Crippen LogP) is 3.29. The van der Waals surface area contributed by atoms with Gasteiger partial charge in [0.25, 0.3) is 0 Å². The smallest absolute Gasteiger partial charge is 0.0621 e. The lowest BCUT2D eigenvalue weighted by atomic mass is 10.2. The summed E-state index contributed by atoms with van der Waals surface area (Å²) in [6.45, 7) is 3.42. The van der Waals surface area contributed by atoms with Crippen molar-refractivity contribution >= 4 is 11.8 Å². The fraction of sp³-hybridized carbons (Fsp3) is 0.923. The molecular formula is C13H24N2S. The van der Waals surface area contributed by atoms with E-state index in [4.69, 9.17) is 5.26 Å². The number of rotatable bonds is 7. The summed E-state index contributed by atoms with van der Waals surface area (Å²) in [5.41, 5.74) is 0. The number of hydrogen-bond acceptors (Lipinski definition) is 3.